The Morgan fingerprint density at radius 1 is 1.29 bits per heavy atom. The third-order valence-electron chi connectivity index (χ3n) is 3.00. The Hall–Kier alpha value is -1.06. The molecule has 0 aliphatic heterocycles. The molecule has 1 N–H and O–H groups in total. The molecule has 0 unspecified atom stereocenters. The van der Waals surface area contributed by atoms with Crippen molar-refractivity contribution in [2.24, 2.45) is 5.41 Å². The quantitative estimate of drug-likeness (QED) is 0.740. The summed E-state index contributed by atoms with van der Waals surface area (Å²) in [5.41, 5.74) is -0.776. The Kier molecular flexibility index (Phi) is 3.13. The monoisotopic (exact) mass is 199 g/mol. The van der Waals surface area contributed by atoms with Gasteiger partial charge in [-0.15, -0.1) is 0 Å². The fraction of sp³-hybridized carbons (Fsp3) is 0.800. The number of carboxylic acid groups (broad SMARTS) is 1. The van der Waals surface area contributed by atoms with Gasteiger partial charge in [0.05, 0.1) is 5.41 Å². The van der Waals surface area contributed by atoms with Gasteiger partial charge in [-0.3, -0.25) is 9.59 Å². The fourth-order valence-corrected chi connectivity index (χ4v) is 1.97. The lowest BCUT2D eigenvalue weighted by atomic mass is 9.82. The molecule has 0 aromatic rings. The van der Waals surface area contributed by atoms with Crippen molar-refractivity contribution in [1.82, 2.24) is 4.90 Å². The van der Waals surface area contributed by atoms with E-state index in [9.17, 15) is 9.59 Å². The summed E-state index contributed by atoms with van der Waals surface area (Å²) in [6, 6.07) is 0. The molecule has 1 saturated carbocycles. The molecule has 0 atom stereocenters. The summed E-state index contributed by atoms with van der Waals surface area (Å²) in [6.45, 7) is 0. The first kappa shape index (κ1) is 11.0. The minimum absolute atomic E-state index is 0.0886. The largest absolute Gasteiger partial charge is 0.481 e. The highest BCUT2D eigenvalue weighted by Crippen LogP contribution is 2.41. The number of hydrogen-bond donors (Lipinski definition) is 1. The van der Waals surface area contributed by atoms with Crippen LogP contribution in [0.2, 0.25) is 0 Å². The van der Waals surface area contributed by atoms with Crippen molar-refractivity contribution in [3.63, 3.8) is 0 Å². The van der Waals surface area contributed by atoms with Crippen molar-refractivity contribution >= 4 is 11.9 Å². The molecule has 0 spiro atoms. The van der Waals surface area contributed by atoms with Gasteiger partial charge >= 0.3 is 5.97 Å². The Morgan fingerprint density at radius 2 is 1.79 bits per heavy atom. The summed E-state index contributed by atoms with van der Waals surface area (Å²) in [4.78, 5) is 24.0. The molecule has 4 nitrogen and oxygen atoms in total. The van der Waals surface area contributed by atoms with Gasteiger partial charge in [-0.25, -0.2) is 0 Å². The Bertz CT molecular complexity index is 242. The van der Waals surface area contributed by atoms with Crippen LogP contribution in [-0.2, 0) is 9.59 Å². The minimum atomic E-state index is -0.815. The molecule has 1 amide bonds. The predicted octanol–water partition coefficient (Wildman–Crippen LogP) is 1.11. The molecule has 80 valence electrons. The highest BCUT2D eigenvalue weighted by molar-refractivity contribution is 5.85. The molecule has 14 heavy (non-hydrogen) atoms. The molecule has 1 rings (SSSR count). The molecule has 1 fully saturated rings. The van der Waals surface area contributed by atoms with Gasteiger partial charge in [-0.2, -0.15) is 0 Å². The van der Waals surface area contributed by atoms with E-state index in [-0.39, 0.29) is 12.3 Å². The highest BCUT2D eigenvalue weighted by Gasteiger charge is 2.43. The van der Waals surface area contributed by atoms with Gasteiger partial charge in [-0.1, -0.05) is 12.8 Å². The van der Waals surface area contributed by atoms with E-state index in [2.05, 4.69) is 0 Å². The molecule has 0 radical (unpaired) electrons. The number of amides is 1. The first-order valence-electron chi connectivity index (χ1n) is 4.91. The third kappa shape index (κ3) is 2.05. The first-order chi connectivity index (χ1) is 6.48. The van der Waals surface area contributed by atoms with Gasteiger partial charge in [-0.05, 0) is 12.8 Å². The predicted molar refractivity (Wildman–Crippen MR) is 51.8 cm³/mol. The summed E-state index contributed by atoms with van der Waals surface area (Å²) in [7, 11) is 3.32. The van der Waals surface area contributed by atoms with Crippen LogP contribution in [0.4, 0.5) is 0 Å². The molecular weight excluding hydrogens is 182 g/mol. The minimum Gasteiger partial charge on any atom is -0.481 e. The second-order valence-electron chi connectivity index (χ2n) is 4.26. The maximum absolute atomic E-state index is 11.5. The van der Waals surface area contributed by atoms with E-state index in [1.54, 1.807) is 14.1 Å². The van der Waals surface area contributed by atoms with Gasteiger partial charge in [0.25, 0.3) is 0 Å². The summed E-state index contributed by atoms with van der Waals surface area (Å²) < 4.78 is 0. The van der Waals surface area contributed by atoms with Crippen LogP contribution in [0.3, 0.4) is 0 Å². The molecule has 0 heterocycles. The third-order valence-corrected chi connectivity index (χ3v) is 3.00. The summed E-state index contributed by atoms with van der Waals surface area (Å²) in [5.74, 6) is -0.903. The highest BCUT2D eigenvalue weighted by atomic mass is 16.4. The van der Waals surface area contributed by atoms with Crippen LogP contribution in [0.15, 0.2) is 0 Å². The van der Waals surface area contributed by atoms with Crippen molar-refractivity contribution < 1.29 is 14.7 Å². The lowest BCUT2D eigenvalue weighted by molar-refractivity contribution is -0.152. The van der Waals surface area contributed by atoms with Crippen LogP contribution in [-0.4, -0.2) is 36.0 Å². The molecule has 4 heteroatoms. The maximum atomic E-state index is 11.5. The van der Waals surface area contributed by atoms with Crippen molar-refractivity contribution in [2.75, 3.05) is 14.1 Å². The molecule has 0 saturated heterocycles. The first-order valence-corrected chi connectivity index (χ1v) is 4.91. The Morgan fingerprint density at radius 3 is 2.14 bits per heavy atom. The average molecular weight is 199 g/mol. The Balaban J connectivity index is 2.70. The zero-order valence-corrected chi connectivity index (χ0v) is 8.75. The molecule has 0 aromatic carbocycles. The standard InChI is InChI=1S/C10H17NO3/c1-11(2)8(12)7-10(9(13)14)5-3-4-6-10/h3-7H2,1-2H3,(H,13,14). The second kappa shape index (κ2) is 3.98. The van der Waals surface area contributed by atoms with Crippen molar-refractivity contribution in [2.45, 2.75) is 32.1 Å². The SMILES string of the molecule is CN(C)C(=O)CC1(C(=O)O)CCCC1. The van der Waals surface area contributed by atoms with Crippen LogP contribution in [0.25, 0.3) is 0 Å². The van der Waals surface area contributed by atoms with Gasteiger partial charge < -0.3 is 10.0 Å². The van der Waals surface area contributed by atoms with Gasteiger partial charge in [0.1, 0.15) is 0 Å². The number of hydrogen-bond acceptors (Lipinski definition) is 2. The molecular formula is C10H17NO3. The number of carboxylic acids is 1. The molecule has 0 aromatic heterocycles. The molecule has 1 aliphatic rings. The normalized spacial score (nSPS) is 19.3. The number of aliphatic carboxylic acids is 1. The maximum Gasteiger partial charge on any atom is 0.310 e. The molecule has 1 aliphatic carbocycles. The van der Waals surface area contributed by atoms with Crippen molar-refractivity contribution in [1.29, 1.82) is 0 Å². The lowest BCUT2D eigenvalue weighted by Crippen LogP contribution is -2.35. The van der Waals surface area contributed by atoms with Crippen molar-refractivity contribution in [3.8, 4) is 0 Å². The van der Waals surface area contributed by atoms with Crippen LogP contribution in [0, 0.1) is 5.41 Å². The van der Waals surface area contributed by atoms with Crippen LogP contribution < -0.4 is 0 Å². The summed E-state index contributed by atoms with van der Waals surface area (Å²) in [6.07, 6.45) is 3.28. The zero-order chi connectivity index (χ0) is 10.8. The van der Waals surface area contributed by atoms with Crippen LogP contribution >= 0.6 is 0 Å². The number of nitrogens with zero attached hydrogens (tertiary/aromatic N) is 1. The fourth-order valence-electron chi connectivity index (χ4n) is 1.97. The lowest BCUT2D eigenvalue weighted by Gasteiger charge is -2.24. The second-order valence-corrected chi connectivity index (χ2v) is 4.26. The van der Waals surface area contributed by atoms with Crippen LogP contribution in [0.5, 0.6) is 0 Å². The zero-order valence-electron chi connectivity index (χ0n) is 8.75. The van der Waals surface area contributed by atoms with E-state index in [1.165, 1.54) is 4.90 Å². The molecule has 0 bridgehead atoms. The van der Waals surface area contributed by atoms with E-state index in [0.29, 0.717) is 12.8 Å². The average Bonchev–Trinajstić information content (AvgIpc) is 2.53. The number of rotatable bonds is 3. The number of carbonyl (C=O) groups is 2. The summed E-state index contributed by atoms with van der Waals surface area (Å²) >= 11 is 0. The summed E-state index contributed by atoms with van der Waals surface area (Å²) in [5, 5.41) is 9.12. The van der Waals surface area contributed by atoms with E-state index in [1.807, 2.05) is 0 Å². The number of carbonyl (C=O) groups excluding carboxylic acids is 1. The van der Waals surface area contributed by atoms with Gasteiger partial charge in [0.15, 0.2) is 0 Å². The van der Waals surface area contributed by atoms with E-state index in [4.69, 9.17) is 5.11 Å². The smallest absolute Gasteiger partial charge is 0.310 e. The van der Waals surface area contributed by atoms with Gasteiger partial charge in [0, 0.05) is 20.5 Å². The van der Waals surface area contributed by atoms with Crippen LogP contribution in [0.1, 0.15) is 32.1 Å². The topological polar surface area (TPSA) is 57.6 Å². The Labute approximate surface area is 83.9 Å². The van der Waals surface area contributed by atoms with E-state index < -0.39 is 11.4 Å². The van der Waals surface area contributed by atoms with Crippen molar-refractivity contribution in [3.05, 3.63) is 0 Å². The van der Waals surface area contributed by atoms with E-state index in [0.717, 1.165) is 12.8 Å². The van der Waals surface area contributed by atoms with Gasteiger partial charge in [0.2, 0.25) is 5.91 Å². The van der Waals surface area contributed by atoms with E-state index >= 15 is 0 Å².